The minimum atomic E-state index is -1.15. The Morgan fingerprint density at radius 2 is 1.49 bits per heavy atom. The zero-order chi connectivity index (χ0) is 29.5. The summed E-state index contributed by atoms with van der Waals surface area (Å²) in [6.45, 7) is 6.93. The molecule has 2 N–H and O–H groups in total. The monoisotopic (exact) mass is 566 g/mol. The molecule has 41 heavy (non-hydrogen) atoms. The van der Waals surface area contributed by atoms with Crippen LogP contribution in [0.25, 0.3) is 0 Å². The number of ether oxygens (including phenoxy) is 2. The maximum atomic E-state index is 13.8. The van der Waals surface area contributed by atoms with Gasteiger partial charge in [-0.1, -0.05) is 41.5 Å². The molecule has 0 spiro atoms. The lowest BCUT2D eigenvalue weighted by Gasteiger charge is -2.29. The lowest BCUT2D eigenvalue weighted by Crippen LogP contribution is -2.37. The molecule has 0 saturated heterocycles. The lowest BCUT2D eigenvalue weighted by atomic mass is 9.81. The van der Waals surface area contributed by atoms with Gasteiger partial charge < -0.3 is 24.5 Å². The SMILES string of the molecule is CC(C)OC(=O)C(C(=O)OC(C)C)c1ccc(C2CCC(NC(=O)c3nnc(Nc4ccccc4F)o3)CC2)cc1. The van der Waals surface area contributed by atoms with Crippen LogP contribution in [0.2, 0.25) is 0 Å². The zero-order valence-corrected chi connectivity index (χ0v) is 23.6. The van der Waals surface area contributed by atoms with Gasteiger partial charge in [0, 0.05) is 6.04 Å². The highest BCUT2D eigenvalue weighted by atomic mass is 19.1. The van der Waals surface area contributed by atoms with Crippen molar-refractivity contribution >= 4 is 29.5 Å². The van der Waals surface area contributed by atoms with Crippen molar-refractivity contribution in [3.05, 3.63) is 71.4 Å². The van der Waals surface area contributed by atoms with E-state index in [1.54, 1.807) is 52.0 Å². The second kappa shape index (κ2) is 13.4. The first-order valence-electron chi connectivity index (χ1n) is 13.8. The summed E-state index contributed by atoms with van der Waals surface area (Å²) in [6.07, 6.45) is 2.45. The summed E-state index contributed by atoms with van der Waals surface area (Å²) in [6, 6.07) is 13.3. The Morgan fingerprint density at radius 1 is 0.878 bits per heavy atom. The number of benzene rings is 2. The van der Waals surface area contributed by atoms with E-state index in [4.69, 9.17) is 13.9 Å². The number of aromatic nitrogens is 2. The van der Waals surface area contributed by atoms with Gasteiger partial charge in [-0.15, -0.1) is 5.10 Å². The number of carbonyl (C=O) groups excluding carboxylic acids is 3. The van der Waals surface area contributed by atoms with Crippen molar-refractivity contribution in [1.29, 1.82) is 0 Å². The molecule has 1 aliphatic rings. The summed E-state index contributed by atoms with van der Waals surface area (Å²) in [5, 5.41) is 13.1. The summed E-state index contributed by atoms with van der Waals surface area (Å²) in [5.74, 6) is -3.32. The average molecular weight is 567 g/mol. The number of hydrogen-bond acceptors (Lipinski definition) is 9. The quantitative estimate of drug-likeness (QED) is 0.245. The molecule has 0 radical (unpaired) electrons. The van der Waals surface area contributed by atoms with E-state index in [0.717, 1.165) is 31.2 Å². The van der Waals surface area contributed by atoms with E-state index in [0.29, 0.717) is 5.56 Å². The first kappa shape index (κ1) is 29.7. The Labute approximate surface area is 238 Å². The molecule has 218 valence electrons. The Hall–Kier alpha value is -4.28. The molecule has 0 bridgehead atoms. The van der Waals surface area contributed by atoms with Gasteiger partial charge in [-0.25, -0.2) is 4.39 Å². The molecule has 2 aromatic carbocycles. The van der Waals surface area contributed by atoms with Gasteiger partial charge in [-0.2, -0.15) is 0 Å². The summed E-state index contributed by atoms with van der Waals surface area (Å²) < 4.78 is 29.8. The van der Waals surface area contributed by atoms with Gasteiger partial charge in [0.25, 0.3) is 0 Å². The number of nitrogens with one attached hydrogen (secondary N) is 2. The number of halogens is 1. The predicted molar refractivity (Wildman–Crippen MR) is 148 cm³/mol. The van der Waals surface area contributed by atoms with Crippen molar-refractivity contribution in [3.63, 3.8) is 0 Å². The Balaban J connectivity index is 1.32. The third kappa shape index (κ3) is 7.90. The van der Waals surface area contributed by atoms with E-state index in [9.17, 15) is 18.8 Å². The van der Waals surface area contributed by atoms with Gasteiger partial charge in [0.1, 0.15) is 5.82 Å². The molecule has 1 amide bonds. The minimum absolute atomic E-state index is 0.0612. The van der Waals surface area contributed by atoms with Crippen LogP contribution in [0.5, 0.6) is 0 Å². The molecule has 4 rings (SSSR count). The maximum absolute atomic E-state index is 13.8. The van der Waals surface area contributed by atoms with Gasteiger partial charge in [-0.05, 0) is 82.6 Å². The second-order valence-electron chi connectivity index (χ2n) is 10.6. The normalized spacial score (nSPS) is 17.0. The average Bonchev–Trinajstić information content (AvgIpc) is 3.39. The number of hydrogen-bond donors (Lipinski definition) is 2. The third-order valence-electron chi connectivity index (χ3n) is 6.71. The van der Waals surface area contributed by atoms with Gasteiger partial charge in [0.15, 0.2) is 5.92 Å². The van der Waals surface area contributed by atoms with Crippen LogP contribution in [-0.4, -0.2) is 46.3 Å². The topological polar surface area (TPSA) is 133 Å². The van der Waals surface area contributed by atoms with Crippen molar-refractivity contribution < 1.29 is 32.7 Å². The van der Waals surface area contributed by atoms with Crippen LogP contribution in [0.4, 0.5) is 16.1 Å². The van der Waals surface area contributed by atoms with Gasteiger partial charge in [-0.3, -0.25) is 14.4 Å². The van der Waals surface area contributed by atoms with Crippen molar-refractivity contribution in [2.75, 3.05) is 5.32 Å². The van der Waals surface area contributed by atoms with Crippen molar-refractivity contribution in [2.24, 2.45) is 0 Å². The molecule has 0 atom stereocenters. The summed E-state index contributed by atoms with van der Waals surface area (Å²) >= 11 is 0. The molecule has 0 unspecified atom stereocenters. The van der Waals surface area contributed by atoms with E-state index in [1.165, 1.54) is 12.1 Å². The summed E-state index contributed by atoms with van der Waals surface area (Å²) in [4.78, 5) is 38.0. The van der Waals surface area contributed by atoms with Crippen LogP contribution in [0.3, 0.4) is 0 Å². The highest BCUT2D eigenvalue weighted by Crippen LogP contribution is 2.34. The van der Waals surface area contributed by atoms with E-state index in [2.05, 4.69) is 20.8 Å². The van der Waals surface area contributed by atoms with Crippen molar-refractivity contribution in [3.8, 4) is 0 Å². The first-order valence-corrected chi connectivity index (χ1v) is 13.8. The number of para-hydroxylation sites is 1. The van der Waals surface area contributed by atoms with Crippen LogP contribution in [0, 0.1) is 5.82 Å². The molecule has 1 saturated carbocycles. The van der Waals surface area contributed by atoms with Crippen LogP contribution in [0.15, 0.2) is 52.9 Å². The molecule has 3 aromatic rings. The van der Waals surface area contributed by atoms with E-state index < -0.39 is 29.6 Å². The second-order valence-corrected chi connectivity index (χ2v) is 10.6. The third-order valence-corrected chi connectivity index (χ3v) is 6.71. The summed E-state index contributed by atoms with van der Waals surface area (Å²) in [5.41, 5.74) is 1.78. The first-order chi connectivity index (χ1) is 19.6. The fraction of sp³-hybridized carbons (Fsp3) is 0.433. The van der Waals surface area contributed by atoms with Gasteiger partial charge in [0.05, 0.1) is 17.9 Å². The molecule has 1 aliphatic carbocycles. The van der Waals surface area contributed by atoms with Gasteiger partial charge >= 0.3 is 29.8 Å². The van der Waals surface area contributed by atoms with Crippen molar-refractivity contribution in [2.45, 2.75) is 83.5 Å². The number of esters is 2. The van der Waals surface area contributed by atoms with E-state index >= 15 is 0 Å². The molecule has 1 heterocycles. The molecule has 10 nitrogen and oxygen atoms in total. The Bertz CT molecular complexity index is 1330. The Morgan fingerprint density at radius 3 is 2.07 bits per heavy atom. The highest BCUT2D eigenvalue weighted by molar-refractivity contribution is 6.01. The number of nitrogens with zero attached hydrogens (tertiary/aromatic N) is 2. The largest absolute Gasteiger partial charge is 0.462 e. The number of anilines is 2. The number of carbonyl (C=O) groups is 3. The fourth-order valence-electron chi connectivity index (χ4n) is 4.79. The molecule has 1 aromatic heterocycles. The predicted octanol–water partition coefficient (Wildman–Crippen LogP) is 5.40. The van der Waals surface area contributed by atoms with Gasteiger partial charge in [0.2, 0.25) is 0 Å². The number of rotatable bonds is 10. The zero-order valence-electron chi connectivity index (χ0n) is 23.6. The Kier molecular flexibility index (Phi) is 9.69. The molecular formula is C30H35FN4O6. The minimum Gasteiger partial charge on any atom is -0.462 e. The van der Waals surface area contributed by atoms with Crippen LogP contribution < -0.4 is 10.6 Å². The molecular weight excluding hydrogens is 531 g/mol. The van der Waals surface area contributed by atoms with Crippen LogP contribution in [0.1, 0.15) is 87.0 Å². The maximum Gasteiger partial charge on any atom is 0.325 e. The standard InChI is InChI=1S/C30H35FN4O6/c1-17(2)39-28(37)25(29(38)40-18(3)4)21-11-9-19(10-12-21)20-13-15-22(16-14-20)32-26(36)27-34-35-30(41-27)33-24-8-6-5-7-23(24)31/h5-12,17-18,20,22,25H,13-16H2,1-4H3,(H,32,36)(H,33,35). The fourth-order valence-corrected chi connectivity index (χ4v) is 4.79. The van der Waals surface area contributed by atoms with E-state index in [-0.39, 0.29) is 41.8 Å². The van der Waals surface area contributed by atoms with Crippen LogP contribution in [-0.2, 0) is 19.1 Å². The molecule has 1 fully saturated rings. The molecule has 11 heteroatoms. The lowest BCUT2D eigenvalue weighted by molar-refractivity contribution is -0.161. The molecule has 0 aliphatic heterocycles. The smallest absolute Gasteiger partial charge is 0.325 e. The van der Waals surface area contributed by atoms with Crippen molar-refractivity contribution in [1.82, 2.24) is 15.5 Å². The highest BCUT2D eigenvalue weighted by Gasteiger charge is 2.33. The number of amides is 1. The van der Waals surface area contributed by atoms with Crippen LogP contribution >= 0.6 is 0 Å². The summed E-state index contributed by atoms with van der Waals surface area (Å²) in [7, 11) is 0. The van der Waals surface area contributed by atoms with E-state index in [1.807, 2.05) is 12.1 Å².